The van der Waals surface area contributed by atoms with Crippen LogP contribution in [0.1, 0.15) is 53.4 Å². The highest BCUT2D eigenvalue weighted by atomic mass is 32.1. The molecule has 8 heteroatoms. The van der Waals surface area contributed by atoms with Crippen molar-refractivity contribution in [3.8, 4) is 6.07 Å². The summed E-state index contributed by atoms with van der Waals surface area (Å²) in [7, 11) is 0. The molecule has 0 radical (unpaired) electrons. The molecule has 1 aliphatic heterocycles. The zero-order valence-electron chi connectivity index (χ0n) is 16.0. The van der Waals surface area contributed by atoms with Crippen molar-refractivity contribution in [2.24, 2.45) is 0 Å². The topological polar surface area (TPSA) is 100 Å². The first-order valence-corrected chi connectivity index (χ1v) is 10.5. The second-order valence-electron chi connectivity index (χ2n) is 6.79. The molecule has 1 aromatic rings. The van der Waals surface area contributed by atoms with Gasteiger partial charge in [-0.2, -0.15) is 5.26 Å². The summed E-state index contributed by atoms with van der Waals surface area (Å²) in [5.41, 5.74) is 1.57. The number of carbonyl (C=O) groups is 2. The molecule has 0 spiro atoms. The van der Waals surface area contributed by atoms with Gasteiger partial charge in [0.15, 0.2) is 5.57 Å². The molecule has 0 aromatic carbocycles. The van der Waals surface area contributed by atoms with Gasteiger partial charge < -0.3 is 20.1 Å². The summed E-state index contributed by atoms with van der Waals surface area (Å²) in [5, 5.41) is 15.9. The Morgan fingerprint density at radius 1 is 1.36 bits per heavy atom. The van der Waals surface area contributed by atoms with Crippen molar-refractivity contribution in [1.82, 2.24) is 5.32 Å². The quantitative estimate of drug-likeness (QED) is 0.412. The van der Waals surface area contributed by atoms with Gasteiger partial charge in [-0.1, -0.05) is 0 Å². The zero-order chi connectivity index (χ0) is 19.9. The molecular formula is C20H25N3O4S. The molecule has 2 heterocycles. The zero-order valence-corrected chi connectivity index (χ0v) is 16.8. The number of fused-ring (bicyclic) bond motifs is 1. The fourth-order valence-corrected chi connectivity index (χ4v) is 4.75. The van der Waals surface area contributed by atoms with Gasteiger partial charge in [0, 0.05) is 24.2 Å². The number of nitriles is 1. The Hall–Kier alpha value is -2.37. The van der Waals surface area contributed by atoms with Crippen molar-refractivity contribution in [3.05, 3.63) is 27.8 Å². The number of aryl methyl sites for hydroxylation is 1. The Labute approximate surface area is 168 Å². The summed E-state index contributed by atoms with van der Waals surface area (Å²) in [6.07, 6.45) is 7.35. The van der Waals surface area contributed by atoms with Crippen LogP contribution in [-0.2, 0) is 27.1 Å². The van der Waals surface area contributed by atoms with E-state index >= 15 is 0 Å². The molecule has 1 aliphatic carbocycles. The molecule has 1 saturated heterocycles. The van der Waals surface area contributed by atoms with Crippen molar-refractivity contribution in [1.29, 1.82) is 5.26 Å². The van der Waals surface area contributed by atoms with E-state index in [1.165, 1.54) is 22.4 Å². The highest BCUT2D eigenvalue weighted by Crippen LogP contribution is 2.38. The number of thiophene rings is 1. The van der Waals surface area contributed by atoms with Crippen LogP contribution < -0.4 is 10.6 Å². The molecular weight excluding hydrogens is 378 g/mol. The molecule has 1 fully saturated rings. The molecule has 0 unspecified atom stereocenters. The van der Waals surface area contributed by atoms with Crippen molar-refractivity contribution in [2.45, 2.75) is 51.6 Å². The summed E-state index contributed by atoms with van der Waals surface area (Å²) in [6.45, 7) is 3.12. The van der Waals surface area contributed by atoms with Crippen LogP contribution in [0.25, 0.3) is 0 Å². The van der Waals surface area contributed by atoms with Crippen molar-refractivity contribution >= 4 is 28.2 Å². The third kappa shape index (κ3) is 4.72. The monoisotopic (exact) mass is 403 g/mol. The summed E-state index contributed by atoms with van der Waals surface area (Å²) >= 11 is 1.52. The van der Waals surface area contributed by atoms with Crippen molar-refractivity contribution in [3.63, 3.8) is 0 Å². The Morgan fingerprint density at radius 2 is 2.18 bits per heavy atom. The van der Waals surface area contributed by atoms with Gasteiger partial charge in [-0.3, -0.25) is 4.79 Å². The summed E-state index contributed by atoms with van der Waals surface area (Å²) in [5.74, 6) is -0.816. The van der Waals surface area contributed by atoms with Gasteiger partial charge >= 0.3 is 5.97 Å². The number of ether oxygens (including phenoxy) is 2. The molecule has 28 heavy (non-hydrogen) atoms. The van der Waals surface area contributed by atoms with Crippen molar-refractivity contribution in [2.75, 3.05) is 25.1 Å². The van der Waals surface area contributed by atoms with E-state index in [4.69, 9.17) is 9.47 Å². The van der Waals surface area contributed by atoms with Gasteiger partial charge in [-0.25, -0.2) is 4.79 Å². The average Bonchev–Trinajstić information content (AvgIpc) is 3.34. The molecule has 150 valence electrons. The van der Waals surface area contributed by atoms with E-state index in [0.717, 1.165) is 50.7 Å². The Balaban J connectivity index is 1.80. The highest BCUT2D eigenvalue weighted by Gasteiger charge is 2.26. The van der Waals surface area contributed by atoms with Crippen LogP contribution in [0.15, 0.2) is 11.8 Å². The fraction of sp³-hybridized carbons (Fsp3) is 0.550. The van der Waals surface area contributed by atoms with Crippen LogP contribution in [0.4, 0.5) is 5.00 Å². The van der Waals surface area contributed by atoms with E-state index in [1.807, 2.05) is 6.07 Å². The maximum atomic E-state index is 12.9. The lowest BCUT2D eigenvalue weighted by Crippen LogP contribution is -2.32. The van der Waals surface area contributed by atoms with Gasteiger partial charge in [0.05, 0.1) is 18.3 Å². The highest BCUT2D eigenvalue weighted by molar-refractivity contribution is 7.16. The smallest absolute Gasteiger partial charge is 0.350 e. The van der Waals surface area contributed by atoms with Gasteiger partial charge in [-0.05, 0) is 51.0 Å². The molecule has 1 amide bonds. The first kappa shape index (κ1) is 20.4. The van der Waals surface area contributed by atoms with E-state index in [9.17, 15) is 14.9 Å². The number of hydrogen-bond acceptors (Lipinski definition) is 7. The molecule has 0 bridgehead atoms. The Kier molecular flexibility index (Phi) is 7.06. The number of rotatable bonds is 7. The van der Waals surface area contributed by atoms with E-state index in [2.05, 4.69) is 10.6 Å². The first-order chi connectivity index (χ1) is 13.6. The molecule has 2 N–H and O–H groups in total. The maximum Gasteiger partial charge on any atom is 0.350 e. The minimum atomic E-state index is -0.678. The number of anilines is 1. The molecule has 1 aromatic heterocycles. The first-order valence-electron chi connectivity index (χ1n) is 9.72. The van der Waals surface area contributed by atoms with Crippen LogP contribution in [0, 0.1) is 11.3 Å². The van der Waals surface area contributed by atoms with Gasteiger partial charge in [0.25, 0.3) is 5.91 Å². The second kappa shape index (κ2) is 9.71. The number of hydrogen-bond donors (Lipinski definition) is 2. The average molecular weight is 404 g/mol. The summed E-state index contributed by atoms with van der Waals surface area (Å²) in [4.78, 5) is 25.9. The van der Waals surface area contributed by atoms with E-state index in [1.54, 1.807) is 6.92 Å². The Bertz CT molecular complexity index is 803. The Morgan fingerprint density at radius 3 is 2.89 bits per heavy atom. The SMILES string of the molecule is CCOC(=O)/C(C#N)=C/Nc1sc2c(c1C(=O)NC[C@@H]1CCCO1)CCCC2. The lowest BCUT2D eigenvalue weighted by atomic mass is 9.95. The minimum Gasteiger partial charge on any atom is -0.462 e. The van der Waals surface area contributed by atoms with Crippen LogP contribution >= 0.6 is 11.3 Å². The van der Waals surface area contributed by atoms with Gasteiger partial charge in [0.1, 0.15) is 11.1 Å². The molecule has 2 aliphatic rings. The largest absolute Gasteiger partial charge is 0.462 e. The third-order valence-electron chi connectivity index (χ3n) is 4.88. The van der Waals surface area contributed by atoms with Gasteiger partial charge in [0.2, 0.25) is 0 Å². The van der Waals surface area contributed by atoms with E-state index in [0.29, 0.717) is 17.1 Å². The lowest BCUT2D eigenvalue weighted by molar-refractivity contribution is -0.138. The predicted molar refractivity (Wildman–Crippen MR) is 106 cm³/mol. The van der Waals surface area contributed by atoms with Crippen LogP contribution in [0.3, 0.4) is 0 Å². The standard InChI is InChI=1S/C20H25N3O4S/c1-2-26-20(25)13(10-21)11-23-19-17(15-7-3-4-8-16(15)28-19)18(24)22-12-14-6-5-9-27-14/h11,14,23H,2-9,12H2,1H3,(H,22,24)/b13-11+/t14-/m0/s1. The number of nitrogens with zero attached hydrogens (tertiary/aromatic N) is 1. The summed E-state index contributed by atoms with van der Waals surface area (Å²) in [6, 6.07) is 1.84. The number of carbonyl (C=O) groups excluding carboxylic acids is 2. The molecule has 3 rings (SSSR count). The second-order valence-corrected chi connectivity index (χ2v) is 7.90. The van der Waals surface area contributed by atoms with Crippen LogP contribution in [0.5, 0.6) is 0 Å². The fourth-order valence-electron chi connectivity index (χ4n) is 3.49. The summed E-state index contributed by atoms with van der Waals surface area (Å²) < 4.78 is 10.5. The predicted octanol–water partition coefficient (Wildman–Crippen LogP) is 2.92. The number of esters is 1. The number of amides is 1. The molecule has 1 atom stereocenters. The van der Waals surface area contributed by atoms with Crippen molar-refractivity contribution < 1.29 is 19.1 Å². The van der Waals surface area contributed by atoms with Crippen LogP contribution in [0.2, 0.25) is 0 Å². The minimum absolute atomic E-state index is 0.0729. The van der Waals surface area contributed by atoms with Crippen LogP contribution in [-0.4, -0.2) is 37.7 Å². The number of nitrogens with one attached hydrogen (secondary N) is 2. The van der Waals surface area contributed by atoms with Gasteiger partial charge in [-0.15, -0.1) is 11.3 Å². The normalized spacial score (nSPS) is 18.9. The maximum absolute atomic E-state index is 12.9. The molecule has 7 nitrogen and oxygen atoms in total. The lowest BCUT2D eigenvalue weighted by Gasteiger charge is -2.14. The van der Waals surface area contributed by atoms with E-state index in [-0.39, 0.29) is 24.2 Å². The van der Waals surface area contributed by atoms with E-state index < -0.39 is 5.97 Å². The molecule has 0 saturated carbocycles. The third-order valence-corrected chi connectivity index (χ3v) is 6.10.